The molecule has 0 unspecified atom stereocenters. The molecule has 2 aromatic rings. The molecule has 30 heavy (non-hydrogen) atoms. The van der Waals surface area contributed by atoms with Crippen LogP contribution in [0.2, 0.25) is 0 Å². The third kappa shape index (κ3) is 5.88. The summed E-state index contributed by atoms with van der Waals surface area (Å²) >= 11 is 0. The van der Waals surface area contributed by atoms with E-state index >= 15 is 0 Å². The van der Waals surface area contributed by atoms with E-state index in [2.05, 4.69) is 56.0 Å². The highest BCUT2D eigenvalue weighted by molar-refractivity contribution is 6.41. The first kappa shape index (κ1) is 23.5. The highest BCUT2D eigenvalue weighted by Crippen LogP contribution is 2.34. The molecule has 4 heteroatoms. The molecule has 0 amide bonds. The number of nitrogens with zero attached hydrogens (tertiary/aromatic N) is 3. The fraction of sp³-hybridized carbons (Fsp3) is 0.423. The number of rotatable bonds is 6. The summed E-state index contributed by atoms with van der Waals surface area (Å²) in [5, 5.41) is 4.28. The largest absolute Gasteiger partial charge is 0.341 e. The molecular formula is C26H35N3O. The lowest BCUT2D eigenvalue weighted by Gasteiger charge is -2.17. The first-order chi connectivity index (χ1) is 14.1. The number of aliphatic imine (C=N–C) groups is 2. The maximum atomic E-state index is 5.59. The summed E-state index contributed by atoms with van der Waals surface area (Å²) in [7, 11) is 0. The Morgan fingerprint density at radius 3 is 1.70 bits per heavy atom. The first-order valence-corrected chi connectivity index (χ1v) is 10.6. The lowest BCUT2D eigenvalue weighted by atomic mass is 9.93. The minimum absolute atomic E-state index is 0.399. The highest BCUT2D eigenvalue weighted by Gasteiger charge is 2.14. The smallest absolute Gasteiger partial charge is 0.222 e. The molecule has 0 spiro atoms. The van der Waals surface area contributed by atoms with Gasteiger partial charge in [0.15, 0.2) is 0 Å². The van der Waals surface area contributed by atoms with Gasteiger partial charge in [0.25, 0.3) is 0 Å². The molecule has 2 rings (SSSR count). The number of hydrogen-bond donors (Lipinski definition) is 0. The van der Waals surface area contributed by atoms with Crippen molar-refractivity contribution in [3.63, 3.8) is 0 Å². The Labute approximate surface area is 181 Å². The summed E-state index contributed by atoms with van der Waals surface area (Å²) in [6.07, 6.45) is 0. The number of aryl methyl sites for hydroxylation is 2. The van der Waals surface area contributed by atoms with Crippen LogP contribution in [0.25, 0.3) is 0 Å². The second-order valence-electron chi connectivity index (χ2n) is 8.43. The molecule has 0 aromatic heterocycles. The van der Waals surface area contributed by atoms with E-state index in [4.69, 9.17) is 9.83 Å². The summed E-state index contributed by atoms with van der Waals surface area (Å²) in [4.78, 5) is 15.1. The van der Waals surface area contributed by atoms with Gasteiger partial charge >= 0.3 is 0 Å². The van der Waals surface area contributed by atoms with Gasteiger partial charge in [0.1, 0.15) is 0 Å². The van der Waals surface area contributed by atoms with Crippen LogP contribution in [0, 0.1) is 13.8 Å². The van der Waals surface area contributed by atoms with Gasteiger partial charge in [0.05, 0.1) is 22.8 Å². The van der Waals surface area contributed by atoms with Crippen molar-refractivity contribution in [1.82, 2.24) is 0 Å². The van der Waals surface area contributed by atoms with E-state index < -0.39 is 0 Å². The van der Waals surface area contributed by atoms with E-state index in [0.29, 0.717) is 17.7 Å². The van der Waals surface area contributed by atoms with Crippen molar-refractivity contribution in [2.24, 2.45) is 15.1 Å². The molecule has 0 N–H and O–H groups in total. The van der Waals surface area contributed by atoms with Gasteiger partial charge in [-0.1, -0.05) is 69.2 Å². The van der Waals surface area contributed by atoms with Crippen LogP contribution < -0.4 is 0 Å². The molecule has 4 nitrogen and oxygen atoms in total. The fourth-order valence-corrected chi connectivity index (χ4v) is 3.25. The Morgan fingerprint density at radius 1 is 0.700 bits per heavy atom. The van der Waals surface area contributed by atoms with Gasteiger partial charge < -0.3 is 4.84 Å². The third-order valence-electron chi connectivity index (χ3n) is 5.17. The molecule has 0 saturated carbocycles. The summed E-state index contributed by atoms with van der Waals surface area (Å²) in [6, 6.07) is 12.6. The average Bonchev–Trinajstić information content (AvgIpc) is 2.68. The number of hydrogen-bond acceptors (Lipinski definition) is 4. The van der Waals surface area contributed by atoms with Gasteiger partial charge in [-0.2, -0.15) is 0 Å². The molecule has 160 valence electrons. The molecule has 0 saturated heterocycles. The van der Waals surface area contributed by atoms with E-state index in [1.54, 1.807) is 0 Å². The van der Waals surface area contributed by atoms with Gasteiger partial charge in [-0.25, -0.2) is 4.99 Å². The van der Waals surface area contributed by atoms with E-state index in [9.17, 15) is 0 Å². The molecular weight excluding hydrogens is 370 g/mol. The van der Waals surface area contributed by atoms with Crippen molar-refractivity contribution in [1.29, 1.82) is 0 Å². The molecule has 0 aliphatic carbocycles. The van der Waals surface area contributed by atoms with E-state index in [1.165, 1.54) is 11.1 Å². The normalized spacial score (nSPS) is 13.4. The SMILES string of the molecule is CC(=Nc1c(C)cccc1C)O/N=C(\C)C(C)=Nc1c(C(C)C)cccc1C(C)C. The standard InChI is InChI=1S/C26H35N3O/c1-16(2)23-14-11-15-24(17(3)4)26(23)27-20(7)21(8)29-30-22(9)28-25-18(5)12-10-13-19(25)6/h10-17H,1-9H3/b27-20?,28-22?,29-21+. The van der Waals surface area contributed by atoms with Crippen LogP contribution in [0.15, 0.2) is 51.5 Å². The lowest BCUT2D eigenvalue weighted by Crippen LogP contribution is -2.08. The second kappa shape index (κ2) is 10.3. The Kier molecular flexibility index (Phi) is 8.10. The van der Waals surface area contributed by atoms with Crippen molar-refractivity contribution in [3.8, 4) is 0 Å². The predicted molar refractivity (Wildman–Crippen MR) is 130 cm³/mol. The molecule has 0 bridgehead atoms. The quantitative estimate of drug-likeness (QED) is 0.275. The Balaban J connectivity index is 2.31. The minimum atomic E-state index is 0.399. The summed E-state index contributed by atoms with van der Waals surface area (Å²) in [5.41, 5.74) is 8.29. The zero-order chi connectivity index (χ0) is 22.4. The maximum Gasteiger partial charge on any atom is 0.222 e. The number of benzene rings is 2. The van der Waals surface area contributed by atoms with Crippen LogP contribution in [0.3, 0.4) is 0 Å². The predicted octanol–water partition coefficient (Wildman–Crippen LogP) is 7.79. The van der Waals surface area contributed by atoms with Crippen LogP contribution in [0.1, 0.15) is 82.6 Å². The lowest BCUT2D eigenvalue weighted by molar-refractivity contribution is 0.326. The van der Waals surface area contributed by atoms with Crippen molar-refractivity contribution >= 4 is 28.7 Å². The molecule has 0 atom stereocenters. The van der Waals surface area contributed by atoms with E-state index in [1.807, 2.05) is 52.8 Å². The number of oxime groups is 1. The van der Waals surface area contributed by atoms with Crippen LogP contribution in [-0.2, 0) is 4.84 Å². The zero-order valence-corrected chi connectivity index (χ0v) is 19.9. The van der Waals surface area contributed by atoms with E-state index in [-0.39, 0.29) is 0 Å². The monoisotopic (exact) mass is 405 g/mol. The van der Waals surface area contributed by atoms with Crippen LogP contribution in [0.4, 0.5) is 11.4 Å². The van der Waals surface area contributed by atoms with Crippen molar-refractivity contribution in [3.05, 3.63) is 58.7 Å². The molecule has 0 radical (unpaired) electrons. The zero-order valence-electron chi connectivity index (χ0n) is 19.9. The highest BCUT2D eigenvalue weighted by atomic mass is 16.6. The molecule has 0 fully saturated rings. The van der Waals surface area contributed by atoms with Gasteiger partial charge in [0.2, 0.25) is 5.90 Å². The summed E-state index contributed by atoms with van der Waals surface area (Å²) < 4.78 is 0. The molecule has 0 heterocycles. The molecule has 0 aliphatic heterocycles. The van der Waals surface area contributed by atoms with Crippen LogP contribution >= 0.6 is 0 Å². The Morgan fingerprint density at radius 2 is 1.20 bits per heavy atom. The Bertz CT molecular complexity index is 935. The van der Waals surface area contributed by atoms with Gasteiger partial charge in [-0.05, 0) is 61.8 Å². The molecule has 2 aromatic carbocycles. The minimum Gasteiger partial charge on any atom is -0.341 e. The summed E-state index contributed by atoms with van der Waals surface area (Å²) in [5.74, 6) is 1.30. The first-order valence-electron chi connectivity index (χ1n) is 10.6. The van der Waals surface area contributed by atoms with E-state index in [0.717, 1.165) is 33.9 Å². The maximum absolute atomic E-state index is 5.59. The fourth-order valence-electron chi connectivity index (χ4n) is 3.25. The molecule has 0 aliphatic rings. The van der Waals surface area contributed by atoms with Crippen LogP contribution in [0.5, 0.6) is 0 Å². The Hall–Kier alpha value is -2.75. The van der Waals surface area contributed by atoms with Crippen LogP contribution in [-0.4, -0.2) is 17.3 Å². The van der Waals surface area contributed by atoms with Crippen molar-refractivity contribution in [2.45, 2.75) is 74.1 Å². The third-order valence-corrected chi connectivity index (χ3v) is 5.17. The number of para-hydroxylation sites is 2. The van der Waals surface area contributed by atoms with Gasteiger partial charge in [-0.15, -0.1) is 0 Å². The van der Waals surface area contributed by atoms with Gasteiger partial charge in [0, 0.05) is 6.92 Å². The van der Waals surface area contributed by atoms with Gasteiger partial charge in [-0.3, -0.25) is 4.99 Å². The second-order valence-corrected chi connectivity index (χ2v) is 8.43. The average molecular weight is 406 g/mol. The summed E-state index contributed by atoms with van der Waals surface area (Å²) in [6.45, 7) is 18.6. The van der Waals surface area contributed by atoms with Crippen molar-refractivity contribution < 1.29 is 4.84 Å². The topological polar surface area (TPSA) is 46.3 Å². The van der Waals surface area contributed by atoms with Crippen molar-refractivity contribution in [2.75, 3.05) is 0 Å².